The van der Waals surface area contributed by atoms with E-state index in [9.17, 15) is 0 Å². The van der Waals surface area contributed by atoms with Gasteiger partial charge in [0.25, 0.3) is 8.32 Å². The molecule has 1 unspecified atom stereocenters. The molecule has 0 aromatic heterocycles. The van der Waals surface area contributed by atoms with Crippen molar-refractivity contribution >= 4 is 26.8 Å². The van der Waals surface area contributed by atoms with Crippen LogP contribution >= 0.6 is 0 Å². The molecule has 0 amide bonds. The van der Waals surface area contributed by atoms with Gasteiger partial charge in [-0.3, -0.25) is 0 Å². The monoisotopic (exact) mass is 410 g/mol. The standard InChI is InChI=1S/C25H38OSi2/c1-7-22(2)18-19-23(21-27(3,4)24-14-10-8-11-15-24)20-26-28(5,6)25-16-12-9-13-17-25/h8-17,20,22H,7,18-19,21H2,1-6H3/b23-20+. The van der Waals surface area contributed by atoms with Crippen molar-refractivity contribution in [3.8, 4) is 0 Å². The predicted molar refractivity (Wildman–Crippen MR) is 130 cm³/mol. The molecule has 1 nitrogen and oxygen atoms in total. The van der Waals surface area contributed by atoms with Crippen molar-refractivity contribution in [2.45, 2.75) is 65.3 Å². The molecule has 0 aliphatic rings. The van der Waals surface area contributed by atoms with Crippen LogP contribution in [0, 0.1) is 5.92 Å². The fourth-order valence-corrected chi connectivity index (χ4v) is 7.81. The van der Waals surface area contributed by atoms with E-state index in [4.69, 9.17) is 4.43 Å². The van der Waals surface area contributed by atoms with Crippen molar-refractivity contribution in [2.75, 3.05) is 0 Å². The van der Waals surface area contributed by atoms with Crippen molar-refractivity contribution in [3.05, 3.63) is 72.5 Å². The largest absolute Gasteiger partial charge is 0.545 e. The predicted octanol–water partition coefficient (Wildman–Crippen LogP) is 6.44. The summed E-state index contributed by atoms with van der Waals surface area (Å²) in [6, 6.07) is 23.0. The van der Waals surface area contributed by atoms with Crippen LogP contribution in [0.1, 0.15) is 33.1 Å². The third-order valence-electron chi connectivity index (χ3n) is 5.87. The first-order chi connectivity index (χ1) is 13.2. The van der Waals surface area contributed by atoms with E-state index in [1.54, 1.807) is 0 Å². The molecule has 0 bridgehead atoms. The topological polar surface area (TPSA) is 9.23 Å². The third kappa shape index (κ3) is 6.78. The molecule has 0 heterocycles. The second kappa shape index (κ2) is 10.3. The molecule has 0 saturated carbocycles. The summed E-state index contributed by atoms with van der Waals surface area (Å²) in [7, 11) is -3.46. The smallest absolute Gasteiger partial charge is 0.276 e. The lowest BCUT2D eigenvalue weighted by atomic mass is 10.0. The van der Waals surface area contributed by atoms with Gasteiger partial charge in [0.2, 0.25) is 0 Å². The third-order valence-corrected chi connectivity index (χ3v) is 11.5. The number of rotatable bonds is 10. The van der Waals surface area contributed by atoms with Gasteiger partial charge in [-0.1, -0.05) is 99.2 Å². The molecule has 0 aliphatic carbocycles. The molecule has 0 aliphatic heterocycles. The maximum atomic E-state index is 6.52. The lowest BCUT2D eigenvalue weighted by molar-refractivity contribution is 0.466. The van der Waals surface area contributed by atoms with Crippen LogP contribution in [0.4, 0.5) is 0 Å². The Morgan fingerprint density at radius 1 is 0.893 bits per heavy atom. The van der Waals surface area contributed by atoms with Crippen molar-refractivity contribution in [1.82, 2.24) is 0 Å². The Balaban J connectivity index is 2.19. The first-order valence-corrected chi connectivity index (χ1v) is 16.8. The summed E-state index contributed by atoms with van der Waals surface area (Å²) in [6.07, 6.45) is 5.80. The van der Waals surface area contributed by atoms with Crippen LogP contribution < -0.4 is 10.4 Å². The van der Waals surface area contributed by atoms with E-state index >= 15 is 0 Å². The number of benzene rings is 2. The van der Waals surface area contributed by atoms with Gasteiger partial charge in [0, 0.05) is 0 Å². The minimum Gasteiger partial charge on any atom is -0.545 e. The Labute approximate surface area is 175 Å². The van der Waals surface area contributed by atoms with E-state index in [0.717, 1.165) is 12.3 Å². The molecular weight excluding hydrogens is 372 g/mol. The summed E-state index contributed by atoms with van der Waals surface area (Å²) in [4.78, 5) is 0. The molecule has 0 radical (unpaired) electrons. The maximum absolute atomic E-state index is 6.52. The first kappa shape index (κ1) is 22.7. The lowest BCUT2D eigenvalue weighted by Crippen LogP contribution is -2.44. The van der Waals surface area contributed by atoms with Gasteiger partial charge in [0.1, 0.15) is 0 Å². The molecule has 2 aromatic carbocycles. The maximum Gasteiger partial charge on any atom is 0.276 e. The Bertz CT molecular complexity index is 736. The summed E-state index contributed by atoms with van der Waals surface area (Å²) < 4.78 is 6.52. The molecule has 2 rings (SSSR count). The first-order valence-electron chi connectivity index (χ1n) is 10.7. The average Bonchev–Trinajstić information content (AvgIpc) is 2.71. The summed E-state index contributed by atoms with van der Waals surface area (Å²) in [6.45, 7) is 14.2. The summed E-state index contributed by atoms with van der Waals surface area (Å²) in [5, 5.41) is 2.89. The molecule has 0 N–H and O–H groups in total. The Hall–Kier alpha value is -1.59. The second-order valence-electron chi connectivity index (χ2n) is 9.25. The minimum absolute atomic E-state index is 0.768. The number of hydrogen-bond donors (Lipinski definition) is 0. The summed E-state index contributed by atoms with van der Waals surface area (Å²) in [5.41, 5.74) is 1.50. The molecule has 0 spiro atoms. The molecule has 3 heteroatoms. The Morgan fingerprint density at radius 3 is 1.96 bits per heavy atom. The van der Waals surface area contributed by atoms with Gasteiger partial charge in [-0.05, 0) is 48.7 Å². The minimum atomic E-state index is -1.92. The van der Waals surface area contributed by atoms with Crippen LogP contribution in [-0.2, 0) is 4.43 Å². The SMILES string of the molecule is CCC(C)CC/C(=C\O[Si](C)(C)c1ccccc1)C[Si](C)(C)c1ccccc1. The molecule has 28 heavy (non-hydrogen) atoms. The average molecular weight is 411 g/mol. The molecule has 0 saturated heterocycles. The number of hydrogen-bond acceptors (Lipinski definition) is 1. The second-order valence-corrected chi connectivity index (χ2v) is 17.8. The van der Waals surface area contributed by atoms with Crippen LogP contribution in [0.2, 0.25) is 32.2 Å². The fourth-order valence-electron chi connectivity index (χ4n) is 3.52. The highest BCUT2D eigenvalue weighted by Crippen LogP contribution is 2.24. The van der Waals surface area contributed by atoms with Crippen LogP contribution in [-0.4, -0.2) is 16.4 Å². The zero-order valence-electron chi connectivity index (χ0n) is 18.7. The van der Waals surface area contributed by atoms with E-state index in [1.165, 1.54) is 34.8 Å². The van der Waals surface area contributed by atoms with Crippen LogP contribution in [0.15, 0.2) is 72.5 Å². The Kier molecular flexibility index (Phi) is 8.32. The van der Waals surface area contributed by atoms with Gasteiger partial charge in [-0.25, -0.2) is 0 Å². The van der Waals surface area contributed by atoms with E-state index in [0.29, 0.717) is 0 Å². The number of allylic oxidation sites excluding steroid dienone is 1. The zero-order valence-corrected chi connectivity index (χ0v) is 20.7. The highest BCUT2D eigenvalue weighted by Gasteiger charge is 2.28. The van der Waals surface area contributed by atoms with Crippen molar-refractivity contribution in [1.29, 1.82) is 0 Å². The van der Waals surface area contributed by atoms with Crippen LogP contribution in [0.3, 0.4) is 0 Å². The van der Waals surface area contributed by atoms with E-state index in [1.807, 2.05) is 0 Å². The highest BCUT2D eigenvalue weighted by atomic mass is 28.4. The fraction of sp³-hybridized carbons (Fsp3) is 0.440. The van der Waals surface area contributed by atoms with E-state index in [2.05, 4.69) is 107 Å². The molecule has 1 atom stereocenters. The normalized spacial score (nSPS) is 14.0. The quantitative estimate of drug-likeness (QED) is 0.323. The summed E-state index contributed by atoms with van der Waals surface area (Å²) in [5.74, 6) is 0.768. The van der Waals surface area contributed by atoms with Crippen molar-refractivity contribution < 1.29 is 4.43 Å². The van der Waals surface area contributed by atoms with Crippen molar-refractivity contribution in [3.63, 3.8) is 0 Å². The molecule has 0 fully saturated rings. The van der Waals surface area contributed by atoms with Crippen LogP contribution in [0.25, 0.3) is 0 Å². The van der Waals surface area contributed by atoms with Crippen molar-refractivity contribution in [2.24, 2.45) is 5.92 Å². The molecule has 2 aromatic rings. The highest BCUT2D eigenvalue weighted by molar-refractivity contribution is 6.90. The van der Waals surface area contributed by atoms with Crippen LogP contribution in [0.5, 0.6) is 0 Å². The van der Waals surface area contributed by atoms with E-state index < -0.39 is 16.4 Å². The lowest BCUT2D eigenvalue weighted by Gasteiger charge is -2.27. The molecule has 152 valence electrons. The van der Waals surface area contributed by atoms with E-state index in [-0.39, 0.29) is 0 Å². The van der Waals surface area contributed by atoms with Gasteiger partial charge in [-0.2, -0.15) is 0 Å². The van der Waals surface area contributed by atoms with Gasteiger partial charge in [0.15, 0.2) is 0 Å². The summed E-state index contributed by atoms with van der Waals surface area (Å²) >= 11 is 0. The van der Waals surface area contributed by atoms with Gasteiger partial charge in [0.05, 0.1) is 14.3 Å². The van der Waals surface area contributed by atoms with Gasteiger partial charge >= 0.3 is 0 Å². The molecular formula is C25H38OSi2. The van der Waals surface area contributed by atoms with Gasteiger partial charge in [-0.15, -0.1) is 0 Å². The Morgan fingerprint density at radius 2 is 1.43 bits per heavy atom. The van der Waals surface area contributed by atoms with Gasteiger partial charge < -0.3 is 4.43 Å². The zero-order chi connectivity index (χ0) is 20.6.